The van der Waals surface area contributed by atoms with Crippen LogP contribution in [0.1, 0.15) is 26.7 Å². The molecule has 1 amide bonds. The number of carbonyl (C=O) groups is 1. The largest absolute Gasteiger partial charge is 0.324 e. The normalized spacial score (nSPS) is 13.8. The van der Waals surface area contributed by atoms with Crippen molar-refractivity contribution in [3.05, 3.63) is 24.3 Å². The van der Waals surface area contributed by atoms with Gasteiger partial charge < -0.3 is 11.1 Å². The molecule has 0 aliphatic rings. The number of hydrogen-bond donors (Lipinski definition) is 3. The number of nitrogens with two attached hydrogens (primary N) is 1. The summed E-state index contributed by atoms with van der Waals surface area (Å²) in [4.78, 5) is 12.1. The highest BCUT2D eigenvalue weighted by Crippen LogP contribution is 2.19. The maximum Gasteiger partial charge on any atom is 0.244 e. The van der Waals surface area contributed by atoms with E-state index in [0.29, 0.717) is 17.9 Å². The van der Waals surface area contributed by atoms with Gasteiger partial charge in [-0.3, -0.25) is 4.79 Å². The van der Waals surface area contributed by atoms with Gasteiger partial charge in [0.15, 0.2) is 0 Å². The van der Waals surface area contributed by atoms with E-state index in [1.54, 1.807) is 19.1 Å². The molecule has 2 rings (SSSR count). The average Bonchev–Trinajstić information content (AvgIpc) is 2.93. The summed E-state index contributed by atoms with van der Waals surface area (Å²) in [6.07, 6.45) is 1.48. The zero-order chi connectivity index (χ0) is 14.6. The number of rotatable bonds is 5. The molecule has 4 N–H and O–H groups in total. The highest BCUT2D eigenvalue weighted by Gasteiger charge is 2.27. The van der Waals surface area contributed by atoms with E-state index < -0.39 is 5.54 Å². The van der Waals surface area contributed by atoms with Crippen LogP contribution in [0.5, 0.6) is 0 Å². The molecule has 7 nitrogen and oxygen atoms in total. The zero-order valence-corrected chi connectivity index (χ0v) is 11.6. The van der Waals surface area contributed by atoms with E-state index in [1.807, 2.05) is 19.1 Å². The number of tetrazole rings is 1. The summed E-state index contributed by atoms with van der Waals surface area (Å²) in [5.41, 5.74) is 6.55. The monoisotopic (exact) mass is 274 g/mol. The third-order valence-electron chi connectivity index (χ3n) is 3.01. The Morgan fingerprint density at radius 3 is 2.95 bits per heavy atom. The van der Waals surface area contributed by atoms with Crippen LogP contribution >= 0.6 is 0 Å². The minimum Gasteiger partial charge on any atom is -0.324 e. The molecule has 7 heteroatoms. The van der Waals surface area contributed by atoms with Crippen LogP contribution in [0.15, 0.2) is 24.3 Å². The van der Waals surface area contributed by atoms with Gasteiger partial charge in [0.05, 0.1) is 5.54 Å². The molecule has 0 aliphatic heterocycles. The predicted octanol–water partition coefficient (Wildman–Crippen LogP) is 1.32. The lowest BCUT2D eigenvalue weighted by Gasteiger charge is -2.22. The highest BCUT2D eigenvalue weighted by atomic mass is 16.2. The number of benzene rings is 1. The predicted molar refractivity (Wildman–Crippen MR) is 75.7 cm³/mol. The number of aromatic amines is 1. The molecular weight excluding hydrogens is 256 g/mol. The summed E-state index contributed by atoms with van der Waals surface area (Å²) in [7, 11) is 0. The Morgan fingerprint density at radius 1 is 1.50 bits per heavy atom. The van der Waals surface area contributed by atoms with Gasteiger partial charge in [-0.25, -0.2) is 0 Å². The summed E-state index contributed by atoms with van der Waals surface area (Å²) in [6.45, 7) is 3.73. The first-order valence-electron chi connectivity index (χ1n) is 6.47. The third kappa shape index (κ3) is 3.18. The van der Waals surface area contributed by atoms with Crippen LogP contribution in [0, 0.1) is 0 Å². The number of nitrogens with one attached hydrogen (secondary N) is 2. The fourth-order valence-electron chi connectivity index (χ4n) is 1.93. The molecule has 0 saturated carbocycles. The second-order valence-electron chi connectivity index (χ2n) is 4.94. The second-order valence-corrected chi connectivity index (χ2v) is 4.94. The van der Waals surface area contributed by atoms with Crippen LogP contribution in [-0.2, 0) is 4.79 Å². The number of nitrogens with zero attached hydrogens (tertiary/aromatic N) is 3. The SMILES string of the molecule is CCCC(C)(N)C(=O)Nc1cccc(-c2nn[nH]n2)c1. The lowest BCUT2D eigenvalue weighted by atomic mass is 9.96. The van der Waals surface area contributed by atoms with Crippen LogP contribution < -0.4 is 11.1 Å². The van der Waals surface area contributed by atoms with Gasteiger partial charge in [0, 0.05) is 11.3 Å². The van der Waals surface area contributed by atoms with Gasteiger partial charge in [-0.2, -0.15) is 5.21 Å². The van der Waals surface area contributed by atoms with E-state index in [1.165, 1.54) is 0 Å². The lowest BCUT2D eigenvalue weighted by molar-refractivity contribution is -0.120. The van der Waals surface area contributed by atoms with E-state index in [4.69, 9.17) is 5.73 Å². The smallest absolute Gasteiger partial charge is 0.244 e. The van der Waals surface area contributed by atoms with E-state index in [0.717, 1.165) is 12.0 Å². The van der Waals surface area contributed by atoms with Gasteiger partial charge >= 0.3 is 0 Å². The number of aromatic nitrogens is 4. The molecule has 0 aliphatic carbocycles. The Bertz CT molecular complexity index is 578. The Labute approximate surface area is 117 Å². The molecule has 0 saturated heterocycles. The van der Waals surface area contributed by atoms with Gasteiger partial charge in [0.25, 0.3) is 0 Å². The van der Waals surface area contributed by atoms with Crippen LogP contribution in [0.25, 0.3) is 11.4 Å². The van der Waals surface area contributed by atoms with Gasteiger partial charge in [0.1, 0.15) is 0 Å². The maximum atomic E-state index is 12.1. The lowest BCUT2D eigenvalue weighted by Crippen LogP contribution is -2.48. The van der Waals surface area contributed by atoms with Crippen molar-refractivity contribution in [3.63, 3.8) is 0 Å². The Morgan fingerprint density at radius 2 is 2.30 bits per heavy atom. The minimum absolute atomic E-state index is 0.204. The first kappa shape index (κ1) is 14.1. The summed E-state index contributed by atoms with van der Waals surface area (Å²) in [5.74, 6) is 0.273. The third-order valence-corrected chi connectivity index (χ3v) is 3.01. The van der Waals surface area contributed by atoms with Crippen LogP contribution in [-0.4, -0.2) is 32.1 Å². The van der Waals surface area contributed by atoms with Gasteiger partial charge in [-0.15, -0.1) is 10.2 Å². The topological polar surface area (TPSA) is 110 Å². The number of anilines is 1. The molecule has 1 aromatic heterocycles. The van der Waals surface area contributed by atoms with Crippen molar-refractivity contribution >= 4 is 11.6 Å². The fourth-order valence-corrected chi connectivity index (χ4v) is 1.93. The van der Waals surface area contributed by atoms with Crippen molar-refractivity contribution in [3.8, 4) is 11.4 Å². The first-order valence-corrected chi connectivity index (χ1v) is 6.47. The van der Waals surface area contributed by atoms with Crippen molar-refractivity contribution in [1.29, 1.82) is 0 Å². The maximum absolute atomic E-state index is 12.1. The molecule has 0 bridgehead atoms. The molecule has 0 fully saturated rings. The summed E-state index contributed by atoms with van der Waals surface area (Å²) in [5, 5.41) is 16.5. The molecule has 1 unspecified atom stereocenters. The molecule has 106 valence electrons. The number of H-pyrrole nitrogens is 1. The van der Waals surface area contributed by atoms with Crippen molar-refractivity contribution in [2.75, 3.05) is 5.32 Å². The van der Waals surface area contributed by atoms with Crippen molar-refractivity contribution in [2.24, 2.45) is 5.73 Å². The first-order chi connectivity index (χ1) is 9.53. The van der Waals surface area contributed by atoms with Gasteiger partial charge in [-0.05, 0) is 30.7 Å². The standard InChI is InChI=1S/C13H18N6O/c1-3-7-13(2,14)12(20)15-10-6-4-5-9(8-10)11-16-18-19-17-11/h4-6,8H,3,7,14H2,1-2H3,(H,15,20)(H,16,17,18,19). The fraction of sp³-hybridized carbons (Fsp3) is 0.385. The molecule has 1 heterocycles. The average molecular weight is 274 g/mol. The van der Waals surface area contributed by atoms with Crippen LogP contribution in [0.4, 0.5) is 5.69 Å². The van der Waals surface area contributed by atoms with E-state index >= 15 is 0 Å². The summed E-state index contributed by atoms with van der Waals surface area (Å²) >= 11 is 0. The molecule has 0 spiro atoms. The Kier molecular flexibility index (Phi) is 4.09. The molecule has 20 heavy (non-hydrogen) atoms. The molecule has 2 aromatic rings. The minimum atomic E-state index is -0.878. The van der Waals surface area contributed by atoms with Crippen molar-refractivity contribution in [1.82, 2.24) is 20.6 Å². The Hall–Kier alpha value is -2.28. The van der Waals surface area contributed by atoms with Gasteiger partial charge in [0.2, 0.25) is 11.7 Å². The molecule has 1 aromatic carbocycles. The summed E-state index contributed by atoms with van der Waals surface area (Å²) in [6, 6.07) is 7.23. The molecule has 1 atom stereocenters. The van der Waals surface area contributed by atoms with Gasteiger partial charge in [-0.1, -0.05) is 25.5 Å². The summed E-state index contributed by atoms with van der Waals surface area (Å²) < 4.78 is 0. The number of hydrogen-bond acceptors (Lipinski definition) is 5. The van der Waals surface area contributed by atoms with Crippen LogP contribution in [0.2, 0.25) is 0 Å². The number of carbonyl (C=O) groups excluding carboxylic acids is 1. The van der Waals surface area contributed by atoms with E-state index in [-0.39, 0.29) is 5.91 Å². The van der Waals surface area contributed by atoms with Crippen molar-refractivity contribution in [2.45, 2.75) is 32.2 Å². The quantitative estimate of drug-likeness (QED) is 0.761. The number of amides is 1. The molecule has 0 radical (unpaired) electrons. The van der Waals surface area contributed by atoms with Crippen molar-refractivity contribution < 1.29 is 4.79 Å². The Balaban J connectivity index is 2.14. The molecular formula is C13H18N6O. The second kappa shape index (κ2) is 5.79. The highest BCUT2D eigenvalue weighted by molar-refractivity contribution is 5.97. The van der Waals surface area contributed by atoms with E-state index in [2.05, 4.69) is 25.9 Å². The van der Waals surface area contributed by atoms with E-state index in [9.17, 15) is 4.79 Å². The van der Waals surface area contributed by atoms with Crippen LogP contribution in [0.3, 0.4) is 0 Å². The zero-order valence-electron chi connectivity index (χ0n) is 11.6.